The predicted molar refractivity (Wildman–Crippen MR) is 125 cm³/mol. The van der Waals surface area contributed by atoms with Crippen molar-refractivity contribution in [1.82, 2.24) is 0 Å². The van der Waals surface area contributed by atoms with Crippen molar-refractivity contribution in [2.75, 3.05) is 7.11 Å². The number of nitrogens with zero attached hydrogens (tertiary/aromatic N) is 1. The Bertz CT molecular complexity index is 1150. The molecule has 8 heteroatoms. The van der Waals surface area contributed by atoms with Crippen molar-refractivity contribution in [3.8, 4) is 11.5 Å². The van der Waals surface area contributed by atoms with Gasteiger partial charge >= 0.3 is 0 Å². The molecule has 8 nitrogen and oxygen atoms in total. The largest absolute Gasteiger partial charge is 0.504 e. The van der Waals surface area contributed by atoms with Crippen molar-refractivity contribution in [1.29, 1.82) is 5.41 Å². The van der Waals surface area contributed by atoms with Crippen molar-refractivity contribution < 1.29 is 24.6 Å². The summed E-state index contributed by atoms with van der Waals surface area (Å²) in [6, 6.07) is 10.0. The maximum atomic E-state index is 11.2. The van der Waals surface area contributed by atoms with E-state index in [1.54, 1.807) is 18.2 Å². The topological polar surface area (TPSA) is 126 Å². The molecular weight excluding hydrogens is 436 g/mol. The fraction of sp³-hybridized carbons (Fsp3) is 0.500. The van der Waals surface area contributed by atoms with Gasteiger partial charge in [-0.3, -0.25) is 10.1 Å². The number of fused-ring (bicyclic) bond motifs is 5. The number of rotatable bonds is 5. The smallest absolute Gasteiger partial charge is 0.269 e. The summed E-state index contributed by atoms with van der Waals surface area (Å²) in [5.41, 5.74) is 2.97. The minimum Gasteiger partial charge on any atom is -0.504 e. The van der Waals surface area contributed by atoms with Gasteiger partial charge in [0.15, 0.2) is 11.5 Å². The van der Waals surface area contributed by atoms with E-state index in [1.807, 2.05) is 6.07 Å². The number of methoxy groups -OCH3 is 1. The molecule has 2 aromatic rings. The van der Waals surface area contributed by atoms with Crippen LogP contribution in [0.4, 0.5) is 5.69 Å². The van der Waals surface area contributed by atoms with E-state index in [0.717, 1.165) is 24.0 Å². The number of aliphatic hydroxyl groups is 1. The van der Waals surface area contributed by atoms with Crippen LogP contribution in [0.2, 0.25) is 0 Å². The molecule has 5 rings (SSSR count). The highest BCUT2D eigenvalue weighted by Gasteiger charge is 2.58. The molecule has 0 radical (unpaired) electrons. The van der Waals surface area contributed by atoms with Gasteiger partial charge in [0.05, 0.1) is 30.8 Å². The van der Waals surface area contributed by atoms with E-state index in [-0.39, 0.29) is 47.3 Å². The molecule has 2 unspecified atom stereocenters. The molecule has 2 saturated carbocycles. The number of phenols is 1. The summed E-state index contributed by atoms with van der Waals surface area (Å²) in [7, 11) is 1.53. The van der Waals surface area contributed by atoms with Crippen LogP contribution in [0.5, 0.6) is 11.5 Å². The van der Waals surface area contributed by atoms with Crippen LogP contribution in [-0.4, -0.2) is 34.1 Å². The number of hydrogen-bond acceptors (Lipinski definition) is 7. The number of nitro benzene ring substituents is 1. The van der Waals surface area contributed by atoms with E-state index in [2.05, 4.69) is 6.92 Å². The highest BCUT2D eigenvalue weighted by molar-refractivity contribution is 5.88. The van der Waals surface area contributed by atoms with Crippen LogP contribution < -0.4 is 4.74 Å². The SMILES string of the molecule is COc1cc2c(cc1O)C(OCc1cccc([N+](=O)[O-])c1)C[C@@H]1[C@@H]2CC[C@]2(C)C(O)CC(=N)[C@@H]12. The number of nitro groups is 1. The van der Waals surface area contributed by atoms with Crippen LogP contribution >= 0.6 is 0 Å². The van der Waals surface area contributed by atoms with E-state index < -0.39 is 11.0 Å². The molecule has 0 bridgehead atoms. The van der Waals surface area contributed by atoms with Crippen LogP contribution in [0.1, 0.15) is 61.3 Å². The molecular formula is C26H30N2O6. The molecule has 2 aromatic carbocycles. The number of ether oxygens (including phenoxy) is 2. The van der Waals surface area contributed by atoms with Gasteiger partial charge in [-0.25, -0.2) is 0 Å². The Morgan fingerprint density at radius 3 is 2.79 bits per heavy atom. The molecule has 0 saturated heterocycles. The minimum absolute atomic E-state index is 0.0176. The lowest BCUT2D eigenvalue weighted by Crippen LogP contribution is -2.46. The second kappa shape index (κ2) is 8.36. The zero-order valence-corrected chi connectivity index (χ0v) is 19.4. The maximum absolute atomic E-state index is 11.2. The van der Waals surface area contributed by atoms with E-state index in [1.165, 1.54) is 19.2 Å². The lowest BCUT2D eigenvalue weighted by Gasteiger charge is -2.51. The summed E-state index contributed by atoms with van der Waals surface area (Å²) < 4.78 is 11.7. The standard InChI is InChI=1S/C26H30N2O6/c1-26-7-6-16-17-10-23(33-2)21(29)9-18(17)22(11-19(16)25(26)20(27)12-24(26)30)34-13-14-4-3-5-15(8-14)28(31)32/h3-5,8-10,16,19,22,24-25,27,29-30H,6-7,11-13H2,1-2H3/t16-,19-,22?,24?,25-,26-/m1/s1. The second-order valence-electron chi connectivity index (χ2n) is 10.2. The van der Waals surface area contributed by atoms with Gasteiger partial charge in [0.25, 0.3) is 5.69 Å². The van der Waals surface area contributed by atoms with Crippen LogP contribution in [-0.2, 0) is 11.3 Å². The number of phenolic OH excluding ortho intramolecular Hbond substituents is 1. The Labute approximate surface area is 198 Å². The molecule has 3 aliphatic carbocycles. The predicted octanol–water partition coefficient (Wildman–Crippen LogP) is 4.87. The zero-order chi connectivity index (χ0) is 24.2. The highest BCUT2D eigenvalue weighted by atomic mass is 16.6. The number of nitrogens with one attached hydrogen (secondary N) is 1. The van der Waals surface area contributed by atoms with E-state index >= 15 is 0 Å². The van der Waals surface area contributed by atoms with Gasteiger partial charge in [-0.15, -0.1) is 0 Å². The fourth-order valence-electron chi connectivity index (χ4n) is 6.69. The average Bonchev–Trinajstić information content (AvgIpc) is 3.05. The summed E-state index contributed by atoms with van der Waals surface area (Å²) >= 11 is 0. The first-order valence-electron chi connectivity index (χ1n) is 11.7. The summed E-state index contributed by atoms with van der Waals surface area (Å²) in [5.74, 6) is 0.740. The van der Waals surface area contributed by atoms with Gasteiger partial charge < -0.3 is 25.1 Å². The third kappa shape index (κ3) is 3.56. The molecule has 34 heavy (non-hydrogen) atoms. The lowest BCUT2D eigenvalue weighted by atomic mass is 9.54. The lowest BCUT2D eigenvalue weighted by molar-refractivity contribution is -0.385. The molecule has 2 fully saturated rings. The Morgan fingerprint density at radius 1 is 1.26 bits per heavy atom. The molecule has 6 atom stereocenters. The van der Waals surface area contributed by atoms with Crippen LogP contribution in [0.15, 0.2) is 36.4 Å². The van der Waals surface area contributed by atoms with Gasteiger partial charge in [-0.1, -0.05) is 19.1 Å². The first kappa shape index (κ1) is 22.8. The van der Waals surface area contributed by atoms with Gasteiger partial charge in [0.1, 0.15) is 0 Å². The average molecular weight is 467 g/mol. The van der Waals surface area contributed by atoms with Gasteiger partial charge in [0, 0.05) is 35.6 Å². The summed E-state index contributed by atoms with van der Waals surface area (Å²) in [4.78, 5) is 10.7. The van der Waals surface area contributed by atoms with Gasteiger partial charge in [-0.05, 0) is 59.9 Å². The van der Waals surface area contributed by atoms with E-state index in [0.29, 0.717) is 29.9 Å². The monoisotopic (exact) mass is 466 g/mol. The normalized spacial score (nSPS) is 32.0. The number of benzene rings is 2. The molecule has 0 heterocycles. The van der Waals surface area contributed by atoms with Crippen molar-refractivity contribution in [2.24, 2.45) is 17.3 Å². The van der Waals surface area contributed by atoms with Crippen molar-refractivity contribution in [2.45, 2.75) is 57.3 Å². The number of non-ortho nitro benzene ring substituents is 1. The Hall–Kier alpha value is -2.97. The first-order chi connectivity index (χ1) is 16.2. The summed E-state index contributed by atoms with van der Waals surface area (Å²) in [6.07, 6.45) is 1.94. The van der Waals surface area contributed by atoms with Crippen LogP contribution in [0.3, 0.4) is 0 Å². The number of aromatic hydroxyl groups is 1. The van der Waals surface area contributed by atoms with E-state index in [4.69, 9.17) is 14.9 Å². The highest BCUT2D eigenvalue weighted by Crippen LogP contribution is 2.62. The second-order valence-corrected chi connectivity index (χ2v) is 10.2. The van der Waals surface area contributed by atoms with Crippen LogP contribution in [0.25, 0.3) is 0 Å². The molecule has 3 N–H and O–H groups in total. The van der Waals surface area contributed by atoms with Gasteiger partial charge in [-0.2, -0.15) is 0 Å². The van der Waals surface area contributed by atoms with E-state index in [9.17, 15) is 20.3 Å². The van der Waals surface area contributed by atoms with Crippen LogP contribution in [0, 0.1) is 32.8 Å². The fourth-order valence-corrected chi connectivity index (χ4v) is 6.69. The summed E-state index contributed by atoms with van der Waals surface area (Å²) in [6.45, 7) is 2.30. The van der Waals surface area contributed by atoms with Crippen molar-refractivity contribution in [3.05, 3.63) is 63.2 Å². The molecule has 3 aliphatic rings. The zero-order valence-electron chi connectivity index (χ0n) is 19.4. The van der Waals surface area contributed by atoms with Crippen molar-refractivity contribution >= 4 is 11.4 Å². The third-order valence-electron chi connectivity index (χ3n) is 8.39. The van der Waals surface area contributed by atoms with Crippen molar-refractivity contribution in [3.63, 3.8) is 0 Å². The maximum Gasteiger partial charge on any atom is 0.269 e. The molecule has 180 valence electrons. The molecule has 0 aliphatic heterocycles. The Morgan fingerprint density at radius 2 is 2.06 bits per heavy atom. The minimum atomic E-state index is -0.508. The quantitative estimate of drug-likeness (QED) is 0.426. The third-order valence-corrected chi connectivity index (χ3v) is 8.39. The molecule has 0 amide bonds. The molecule has 0 spiro atoms. The van der Waals surface area contributed by atoms with Gasteiger partial charge in [0.2, 0.25) is 0 Å². The Balaban J connectivity index is 1.51. The number of aliphatic hydroxyl groups excluding tert-OH is 1. The first-order valence-corrected chi connectivity index (χ1v) is 11.7. The number of hydrogen-bond donors (Lipinski definition) is 3. The molecule has 0 aromatic heterocycles. The Kier molecular flexibility index (Phi) is 5.61. The summed E-state index contributed by atoms with van der Waals surface area (Å²) in [5, 5.41) is 41.1.